The highest BCUT2D eigenvalue weighted by atomic mass is 79.9. The van der Waals surface area contributed by atoms with Crippen LogP contribution in [0.1, 0.15) is 18.0 Å². The van der Waals surface area contributed by atoms with E-state index < -0.39 is 0 Å². The molecule has 2 rings (SSSR count). The van der Waals surface area contributed by atoms with Gasteiger partial charge >= 0.3 is 0 Å². The first-order chi connectivity index (χ1) is 6.74. The summed E-state index contributed by atoms with van der Waals surface area (Å²) in [7, 11) is 1.63. The summed E-state index contributed by atoms with van der Waals surface area (Å²) < 4.78 is 11.8. The highest BCUT2D eigenvalue weighted by Gasteiger charge is 2.24. The second-order valence-electron chi connectivity index (χ2n) is 3.24. The van der Waals surface area contributed by atoms with E-state index in [0.29, 0.717) is 6.61 Å². The smallest absolute Gasteiger partial charge is 0.167 e. The molecule has 1 atom stereocenters. The first kappa shape index (κ1) is 9.80. The molecule has 0 amide bonds. The van der Waals surface area contributed by atoms with Gasteiger partial charge < -0.3 is 15.2 Å². The van der Waals surface area contributed by atoms with Crippen molar-refractivity contribution in [1.82, 2.24) is 0 Å². The minimum atomic E-state index is 0.0308. The Morgan fingerprint density at radius 3 is 3.07 bits per heavy atom. The van der Waals surface area contributed by atoms with Crippen LogP contribution in [0.15, 0.2) is 16.6 Å². The van der Waals surface area contributed by atoms with Gasteiger partial charge in [-0.05, 0) is 12.1 Å². The molecule has 0 spiro atoms. The number of ether oxygens (including phenoxy) is 2. The monoisotopic (exact) mass is 257 g/mol. The van der Waals surface area contributed by atoms with E-state index in [-0.39, 0.29) is 6.04 Å². The maximum atomic E-state index is 6.01. The normalized spacial score (nSPS) is 19.8. The molecule has 0 aliphatic carbocycles. The summed E-state index contributed by atoms with van der Waals surface area (Å²) in [6.07, 6.45) is 0.846. The number of rotatable bonds is 1. The molecular formula is C10H12BrNO2. The van der Waals surface area contributed by atoms with Gasteiger partial charge in [0.25, 0.3) is 0 Å². The lowest BCUT2D eigenvalue weighted by Crippen LogP contribution is -2.21. The minimum Gasteiger partial charge on any atom is -0.493 e. The number of halogens is 1. The second-order valence-corrected chi connectivity index (χ2v) is 4.09. The fourth-order valence-corrected chi connectivity index (χ4v) is 2.25. The van der Waals surface area contributed by atoms with Crippen LogP contribution in [-0.2, 0) is 0 Å². The molecule has 14 heavy (non-hydrogen) atoms. The van der Waals surface area contributed by atoms with Crippen LogP contribution in [0.25, 0.3) is 0 Å². The Labute approximate surface area is 91.3 Å². The molecule has 0 radical (unpaired) electrons. The third-order valence-electron chi connectivity index (χ3n) is 2.37. The van der Waals surface area contributed by atoms with Crippen LogP contribution < -0.4 is 15.2 Å². The Hall–Kier alpha value is -0.740. The van der Waals surface area contributed by atoms with Crippen LogP contribution in [0.3, 0.4) is 0 Å². The largest absolute Gasteiger partial charge is 0.493 e. The van der Waals surface area contributed by atoms with E-state index in [2.05, 4.69) is 15.9 Å². The van der Waals surface area contributed by atoms with E-state index in [4.69, 9.17) is 15.2 Å². The highest BCUT2D eigenvalue weighted by Crippen LogP contribution is 2.42. The van der Waals surface area contributed by atoms with E-state index in [9.17, 15) is 0 Å². The third-order valence-corrected chi connectivity index (χ3v) is 3.06. The molecule has 1 aliphatic rings. The summed E-state index contributed by atoms with van der Waals surface area (Å²) in [5.41, 5.74) is 7.02. The van der Waals surface area contributed by atoms with E-state index in [0.717, 1.165) is 28.0 Å². The first-order valence-corrected chi connectivity index (χ1v) is 5.28. The molecule has 1 aliphatic heterocycles. The Kier molecular flexibility index (Phi) is 2.65. The van der Waals surface area contributed by atoms with Gasteiger partial charge in [-0.3, -0.25) is 0 Å². The second kappa shape index (κ2) is 3.79. The van der Waals surface area contributed by atoms with Crippen molar-refractivity contribution in [2.75, 3.05) is 13.7 Å². The van der Waals surface area contributed by atoms with Crippen LogP contribution in [0.2, 0.25) is 0 Å². The van der Waals surface area contributed by atoms with Gasteiger partial charge in [0, 0.05) is 22.5 Å². The molecular weight excluding hydrogens is 246 g/mol. The Balaban J connectivity index is 2.57. The predicted octanol–water partition coefficient (Wildman–Crippen LogP) is 2.24. The quantitative estimate of drug-likeness (QED) is 0.840. The molecule has 1 aromatic carbocycles. The average molecular weight is 258 g/mol. The van der Waals surface area contributed by atoms with Gasteiger partial charge in [-0.25, -0.2) is 0 Å². The zero-order valence-electron chi connectivity index (χ0n) is 7.92. The van der Waals surface area contributed by atoms with Gasteiger partial charge in [0.1, 0.15) is 0 Å². The lowest BCUT2D eigenvalue weighted by atomic mass is 10.0. The number of benzene rings is 1. The number of hydrogen-bond acceptors (Lipinski definition) is 3. The lowest BCUT2D eigenvalue weighted by Gasteiger charge is -2.25. The molecule has 4 heteroatoms. The van der Waals surface area contributed by atoms with Crippen molar-refractivity contribution in [1.29, 1.82) is 0 Å². The van der Waals surface area contributed by atoms with Crippen molar-refractivity contribution >= 4 is 15.9 Å². The lowest BCUT2D eigenvalue weighted by molar-refractivity contribution is 0.252. The summed E-state index contributed by atoms with van der Waals surface area (Å²) in [6, 6.07) is 3.84. The van der Waals surface area contributed by atoms with Gasteiger partial charge in [-0.15, -0.1) is 0 Å². The van der Waals surface area contributed by atoms with Gasteiger partial charge in [0.15, 0.2) is 11.5 Å². The number of nitrogens with two attached hydrogens (primary N) is 1. The standard InChI is InChI=1S/C10H12BrNO2/c1-13-8-3-2-6(11)9-7(12)4-5-14-10(8)9/h2-3,7H,4-5,12H2,1H3/t7-/m0/s1. The summed E-state index contributed by atoms with van der Waals surface area (Å²) in [6.45, 7) is 0.654. The fourth-order valence-electron chi connectivity index (χ4n) is 1.64. The summed E-state index contributed by atoms with van der Waals surface area (Å²) in [5, 5.41) is 0. The van der Waals surface area contributed by atoms with E-state index >= 15 is 0 Å². The molecule has 3 nitrogen and oxygen atoms in total. The average Bonchev–Trinajstić information content (AvgIpc) is 2.18. The molecule has 0 fully saturated rings. The SMILES string of the molecule is COc1ccc(Br)c2c1OCC[C@@H]2N. The third kappa shape index (κ3) is 1.48. The van der Waals surface area contributed by atoms with Gasteiger partial charge in [0.05, 0.1) is 13.7 Å². The van der Waals surface area contributed by atoms with Gasteiger partial charge in [-0.2, -0.15) is 0 Å². The first-order valence-electron chi connectivity index (χ1n) is 4.49. The zero-order valence-corrected chi connectivity index (χ0v) is 9.50. The maximum Gasteiger partial charge on any atom is 0.167 e. The molecule has 1 aromatic rings. The Morgan fingerprint density at radius 1 is 1.57 bits per heavy atom. The highest BCUT2D eigenvalue weighted by molar-refractivity contribution is 9.10. The topological polar surface area (TPSA) is 44.5 Å². The van der Waals surface area contributed by atoms with Crippen molar-refractivity contribution in [2.24, 2.45) is 5.73 Å². The number of fused-ring (bicyclic) bond motifs is 1. The molecule has 0 saturated carbocycles. The maximum absolute atomic E-state index is 6.01. The van der Waals surface area contributed by atoms with Crippen molar-refractivity contribution in [3.8, 4) is 11.5 Å². The van der Waals surface area contributed by atoms with Crippen LogP contribution in [0.4, 0.5) is 0 Å². The van der Waals surface area contributed by atoms with Crippen molar-refractivity contribution in [2.45, 2.75) is 12.5 Å². The Morgan fingerprint density at radius 2 is 2.36 bits per heavy atom. The van der Waals surface area contributed by atoms with Crippen molar-refractivity contribution in [3.05, 3.63) is 22.2 Å². The molecule has 76 valence electrons. The van der Waals surface area contributed by atoms with E-state index in [1.807, 2.05) is 12.1 Å². The summed E-state index contributed by atoms with van der Waals surface area (Å²) >= 11 is 3.47. The summed E-state index contributed by atoms with van der Waals surface area (Å²) in [4.78, 5) is 0. The molecule has 1 heterocycles. The van der Waals surface area contributed by atoms with Crippen LogP contribution in [0.5, 0.6) is 11.5 Å². The molecule has 0 bridgehead atoms. The van der Waals surface area contributed by atoms with Crippen molar-refractivity contribution < 1.29 is 9.47 Å². The number of methoxy groups -OCH3 is 1. The van der Waals surface area contributed by atoms with Crippen LogP contribution >= 0.6 is 15.9 Å². The Bertz CT molecular complexity index is 354. The summed E-state index contributed by atoms with van der Waals surface area (Å²) in [5.74, 6) is 1.53. The fraction of sp³-hybridized carbons (Fsp3) is 0.400. The molecule has 2 N–H and O–H groups in total. The van der Waals surface area contributed by atoms with E-state index in [1.165, 1.54) is 0 Å². The zero-order chi connectivity index (χ0) is 10.1. The molecule has 0 unspecified atom stereocenters. The van der Waals surface area contributed by atoms with Crippen molar-refractivity contribution in [3.63, 3.8) is 0 Å². The van der Waals surface area contributed by atoms with Crippen LogP contribution in [0, 0.1) is 0 Å². The van der Waals surface area contributed by atoms with Gasteiger partial charge in [-0.1, -0.05) is 15.9 Å². The minimum absolute atomic E-state index is 0.0308. The molecule has 0 aromatic heterocycles. The van der Waals surface area contributed by atoms with E-state index in [1.54, 1.807) is 7.11 Å². The molecule has 0 saturated heterocycles. The number of hydrogen-bond donors (Lipinski definition) is 1. The van der Waals surface area contributed by atoms with Gasteiger partial charge in [0.2, 0.25) is 0 Å². The van der Waals surface area contributed by atoms with Crippen LogP contribution in [-0.4, -0.2) is 13.7 Å². The predicted molar refractivity (Wildman–Crippen MR) is 57.7 cm³/mol.